The van der Waals surface area contributed by atoms with Gasteiger partial charge in [-0.3, -0.25) is 0 Å². The average molecular weight is 410 g/mol. The van der Waals surface area contributed by atoms with E-state index in [0.29, 0.717) is 29.5 Å². The molecule has 0 saturated heterocycles. The van der Waals surface area contributed by atoms with Crippen LogP contribution in [0.15, 0.2) is 48.5 Å². The van der Waals surface area contributed by atoms with Crippen molar-refractivity contribution >= 4 is 11.6 Å². The predicted molar refractivity (Wildman–Crippen MR) is 113 cm³/mol. The van der Waals surface area contributed by atoms with Crippen LogP contribution in [0.3, 0.4) is 0 Å². The van der Waals surface area contributed by atoms with Gasteiger partial charge in [0.15, 0.2) is 11.6 Å². The van der Waals surface area contributed by atoms with E-state index in [0.717, 1.165) is 42.5 Å². The van der Waals surface area contributed by atoms with Crippen LogP contribution < -0.4 is 0 Å². The van der Waals surface area contributed by atoms with E-state index in [-0.39, 0.29) is 16.9 Å². The summed E-state index contributed by atoms with van der Waals surface area (Å²) in [5, 5.41) is 0. The molecule has 0 fully saturated rings. The summed E-state index contributed by atoms with van der Waals surface area (Å²) in [5.74, 6) is -2.67. The highest BCUT2D eigenvalue weighted by molar-refractivity contribution is 5.85. The van der Waals surface area contributed by atoms with Gasteiger partial charge in [-0.2, -0.15) is 0 Å². The van der Waals surface area contributed by atoms with Crippen LogP contribution in [-0.2, 0) is 12.8 Å². The molecule has 3 aromatic rings. The van der Waals surface area contributed by atoms with Gasteiger partial charge in [0.2, 0.25) is 0 Å². The van der Waals surface area contributed by atoms with E-state index >= 15 is 4.39 Å². The number of allylic oxidation sites excluding steroid dienone is 1. The Kier molecular flexibility index (Phi) is 5.76. The topological polar surface area (TPSA) is 0 Å². The number of rotatable bonds is 5. The smallest absolute Gasteiger partial charge is 0.159 e. The summed E-state index contributed by atoms with van der Waals surface area (Å²) in [6, 6.07) is 12.0. The highest BCUT2D eigenvalue weighted by Crippen LogP contribution is 2.36. The highest BCUT2D eigenvalue weighted by Gasteiger charge is 2.20. The van der Waals surface area contributed by atoms with Gasteiger partial charge in [0.1, 0.15) is 11.6 Å². The van der Waals surface area contributed by atoms with Crippen molar-refractivity contribution in [3.05, 3.63) is 94.1 Å². The fraction of sp³-hybridized carbons (Fsp3) is 0.231. The Morgan fingerprint density at radius 2 is 1.57 bits per heavy atom. The first kappa shape index (κ1) is 20.4. The van der Waals surface area contributed by atoms with Crippen LogP contribution in [0.25, 0.3) is 22.8 Å². The lowest BCUT2D eigenvalue weighted by Crippen LogP contribution is -2.05. The molecule has 0 aromatic heterocycles. The van der Waals surface area contributed by atoms with Gasteiger partial charge in [0.25, 0.3) is 0 Å². The molecule has 0 saturated carbocycles. The summed E-state index contributed by atoms with van der Waals surface area (Å²) in [6.07, 6.45) is 5.68. The lowest BCUT2D eigenvalue weighted by Gasteiger charge is -2.20. The Morgan fingerprint density at radius 3 is 2.30 bits per heavy atom. The molecule has 0 unspecified atom stereocenters. The van der Waals surface area contributed by atoms with Gasteiger partial charge in [0.05, 0.1) is 0 Å². The standard InChI is InChI=1S/C26H22F4/c1-2-3-4-16-5-9-20(24(28)13-16)17-6-10-21-18(14-17)7-11-22(26(21)30)19-8-12-23(27)25(29)15-19/h5,7-9,11-15H,2-4,6,10H2,1H3. The number of fused-ring (bicyclic) bond motifs is 1. The third-order valence-corrected chi connectivity index (χ3v) is 5.68. The number of benzene rings is 3. The Labute approximate surface area is 173 Å². The molecule has 4 heteroatoms. The zero-order chi connectivity index (χ0) is 21.3. The molecule has 3 aromatic carbocycles. The van der Waals surface area contributed by atoms with E-state index < -0.39 is 17.5 Å². The van der Waals surface area contributed by atoms with Crippen molar-refractivity contribution in [1.82, 2.24) is 0 Å². The number of aryl methyl sites for hydroxylation is 1. The second-order valence-corrected chi connectivity index (χ2v) is 7.71. The zero-order valence-electron chi connectivity index (χ0n) is 16.7. The summed E-state index contributed by atoms with van der Waals surface area (Å²) in [4.78, 5) is 0. The molecule has 0 N–H and O–H groups in total. The second-order valence-electron chi connectivity index (χ2n) is 7.71. The van der Waals surface area contributed by atoms with E-state index in [1.807, 2.05) is 18.2 Å². The average Bonchev–Trinajstić information content (AvgIpc) is 2.74. The van der Waals surface area contributed by atoms with Crippen LogP contribution in [0.4, 0.5) is 17.6 Å². The van der Waals surface area contributed by atoms with Gasteiger partial charge in [0, 0.05) is 11.1 Å². The maximum Gasteiger partial charge on any atom is 0.159 e. The second kappa shape index (κ2) is 8.47. The summed E-state index contributed by atoms with van der Waals surface area (Å²) < 4.78 is 56.6. The third kappa shape index (κ3) is 3.91. The van der Waals surface area contributed by atoms with E-state index in [4.69, 9.17) is 0 Å². The first-order chi connectivity index (χ1) is 14.5. The molecule has 0 bridgehead atoms. The van der Waals surface area contributed by atoms with Crippen molar-refractivity contribution in [1.29, 1.82) is 0 Å². The predicted octanol–water partition coefficient (Wildman–Crippen LogP) is 7.74. The van der Waals surface area contributed by atoms with Gasteiger partial charge >= 0.3 is 0 Å². The van der Waals surface area contributed by atoms with E-state index in [1.165, 1.54) is 6.07 Å². The summed E-state index contributed by atoms with van der Waals surface area (Å²) >= 11 is 0. The SMILES string of the molecule is CCCCc1ccc(C2=Cc3ccc(-c4ccc(F)c(F)c4)c(F)c3CC2)c(F)c1. The molecule has 0 amide bonds. The van der Waals surface area contributed by atoms with Crippen LogP contribution in [0.1, 0.15) is 48.4 Å². The minimum absolute atomic E-state index is 0.232. The molecule has 4 rings (SSSR count). The van der Waals surface area contributed by atoms with Crippen LogP contribution in [0.5, 0.6) is 0 Å². The van der Waals surface area contributed by atoms with Crippen molar-refractivity contribution in [2.45, 2.75) is 39.0 Å². The first-order valence-electron chi connectivity index (χ1n) is 10.2. The fourth-order valence-electron chi connectivity index (χ4n) is 4.00. The normalized spacial score (nSPS) is 13.2. The maximum atomic E-state index is 15.1. The minimum atomic E-state index is -1.01. The Hall–Kier alpha value is -2.88. The van der Waals surface area contributed by atoms with Gasteiger partial charge in [-0.25, -0.2) is 17.6 Å². The highest BCUT2D eigenvalue weighted by atomic mass is 19.2. The van der Waals surface area contributed by atoms with Crippen molar-refractivity contribution in [3.8, 4) is 11.1 Å². The van der Waals surface area contributed by atoms with Crippen molar-refractivity contribution in [2.24, 2.45) is 0 Å². The van der Waals surface area contributed by atoms with Gasteiger partial charge < -0.3 is 0 Å². The Bertz CT molecular complexity index is 1130. The number of halogens is 4. The number of hydrogen-bond donors (Lipinski definition) is 0. The zero-order valence-corrected chi connectivity index (χ0v) is 16.7. The number of unbranched alkanes of at least 4 members (excludes halogenated alkanes) is 1. The molecule has 154 valence electrons. The monoisotopic (exact) mass is 410 g/mol. The van der Waals surface area contributed by atoms with Crippen molar-refractivity contribution < 1.29 is 17.6 Å². The molecule has 1 aliphatic rings. The van der Waals surface area contributed by atoms with Crippen molar-refractivity contribution in [3.63, 3.8) is 0 Å². The summed E-state index contributed by atoms with van der Waals surface area (Å²) in [6.45, 7) is 2.10. The Morgan fingerprint density at radius 1 is 0.767 bits per heavy atom. The molecule has 0 atom stereocenters. The van der Waals surface area contributed by atoms with E-state index in [9.17, 15) is 13.2 Å². The molecule has 0 aliphatic heterocycles. The van der Waals surface area contributed by atoms with Crippen LogP contribution in [0.2, 0.25) is 0 Å². The Balaban J connectivity index is 1.67. The number of hydrogen-bond acceptors (Lipinski definition) is 0. The van der Waals surface area contributed by atoms with E-state index in [1.54, 1.807) is 18.2 Å². The minimum Gasteiger partial charge on any atom is -0.206 e. The summed E-state index contributed by atoms with van der Waals surface area (Å²) in [5.41, 5.74) is 4.09. The third-order valence-electron chi connectivity index (χ3n) is 5.68. The molecule has 0 spiro atoms. The lowest BCUT2D eigenvalue weighted by atomic mass is 9.86. The van der Waals surface area contributed by atoms with Gasteiger partial charge in [-0.05, 0) is 71.7 Å². The summed E-state index contributed by atoms with van der Waals surface area (Å²) in [7, 11) is 0. The maximum absolute atomic E-state index is 15.1. The van der Waals surface area contributed by atoms with Gasteiger partial charge in [-0.1, -0.05) is 49.8 Å². The van der Waals surface area contributed by atoms with Gasteiger partial charge in [-0.15, -0.1) is 0 Å². The quantitative estimate of drug-likeness (QED) is 0.377. The lowest BCUT2D eigenvalue weighted by molar-refractivity contribution is 0.509. The molecule has 0 nitrogen and oxygen atoms in total. The molecule has 0 heterocycles. The molecule has 1 aliphatic carbocycles. The molecular weight excluding hydrogens is 388 g/mol. The van der Waals surface area contributed by atoms with Crippen LogP contribution >= 0.6 is 0 Å². The molecule has 30 heavy (non-hydrogen) atoms. The fourth-order valence-corrected chi connectivity index (χ4v) is 4.00. The molecule has 0 radical (unpaired) electrons. The first-order valence-corrected chi connectivity index (χ1v) is 10.2. The van der Waals surface area contributed by atoms with Crippen molar-refractivity contribution in [2.75, 3.05) is 0 Å². The van der Waals surface area contributed by atoms with Crippen LogP contribution in [-0.4, -0.2) is 0 Å². The van der Waals surface area contributed by atoms with Crippen LogP contribution in [0, 0.1) is 23.3 Å². The molecular formula is C26H22F4. The largest absolute Gasteiger partial charge is 0.206 e. The van der Waals surface area contributed by atoms with E-state index in [2.05, 4.69) is 6.92 Å².